The summed E-state index contributed by atoms with van der Waals surface area (Å²) in [7, 11) is 4.65. The van der Waals surface area contributed by atoms with Gasteiger partial charge in [-0.15, -0.1) is 0 Å². The smallest absolute Gasteiger partial charge is 0.277 e. The fourth-order valence-electron chi connectivity index (χ4n) is 4.21. The summed E-state index contributed by atoms with van der Waals surface area (Å²) in [5.41, 5.74) is 7.84. The lowest BCUT2D eigenvalue weighted by molar-refractivity contribution is -0.385. The maximum absolute atomic E-state index is 11.8. The zero-order valence-electron chi connectivity index (χ0n) is 18.4. The molecule has 0 spiro atoms. The first-order valence-corrected chi connectivity index (χ1v) is 10.5. The second-order valence-corrected chi connectivity index (χ2v) is 7.92. The molecule has 0 heterocycles. The van der Waals surface area contributed by atoms with Gasteiger partial charge in [-0.2, -0.15) is 0 Å². The summed E-state index contributed by atoms with van der Waals surface area (Å²) in [5.74, 6) is 1.62. The Kier molecular flexibility index (Phi) is 7.70. The Morgan fingerprint density at radius 3 is 2.29 bits per heavy atom. The molecule has 2 aromatic carbocycles. The number of nitro groups is 1. The number of rotatable bonds is 9. The fraction of sp³-hybridized carbons (Fsp3) is 0.478. The van der Waals surface area contributed by atoms with Crippen LogP contribution in [0.3, 0.4) is 0 Å². The standard InChI is InChI=1S/C23H31N3O5/c1-29-20-6-4-5-16(11-20)14-25(19-9-7-18(24)8-10-19)15-17-12-22(30-2)23(31-3)13-21(17)26(27)28/h4-6,11-13,18-19H,7-10,14-15,24H2,1-3H3. The van der Waals surface area contributed by atoms with Gasteiger partial charge in [0.25, 0.3) is 5.69 Å². The number of nitro benzene ring substituents is 1. The normalized spacial score (nSPS) is 18.6. The van der Waals surface area contributed by atoms with Gasteiger partial charge >= 0.3 is 0 Å². The van der Waals surface area contributed by atoms with E-state index in [9.17, 15) is 10.1 Å². The minimum Gasteiger partial charge on any atom is -0.497 e. The molecule has 1 fully saturated rings. The minimum atomic E-state index is -0.363. The number of nitrogens with two attached hydrogens (primary N) is 1. The van der Waals surface area contributed by atoms with Gasteiger partial charge in [-0.05, 0) is 49.4 Å². The molecule has 8 heteroatoms. The van der Waals surface area contributed by atoms with Crippen LogP contribution >= 0.6 is 0 Å². The summed E-state index contributed by atoms with van der Waals surface area (Å²) in [6.45, 7) is 1.08. The van der Waals surface area contributed by atoms with Crippen LogP contribution in [0.4, 0.5) is 5.69 Å². The highest BCUT2D eigenvalue weighted by molar-refractivity contribution is 5.54. The van der Waals surface area contributed by atoms with E-state index in [1.807, 2.05) is 24.3 Å². The molecule has 0 aliphatic heterocycles. The Labute approximate surface area is 183 Å². The zero-order chi connectivity index (χ0) is 22.4. The lowest BCUT2D eigenvalue weighted by Crippen LogP contribution is -2.40. The molecule has 1 aliphatic carbocycles. The molecular weight excluding hydrogens is 398 g/mol. The lowest BCUT2D eigenvalue weighted by Gasteiger charge is -2.36. The molecule has 1 saturated carbocycles. The molecule has 0 unspecified atom stereocenters. The van der Waals surface area contributed by atoms with E-state index in [0.717, 1.165) is 37.0 Å². The largest absolute Gasteiger partial charge is 0.497 e. The van der Waals surface area contributed by atoms with Gasteiger partial charge in [-0.25, -0.2) is 0 Å². The van der Waals surface area contributed by atoms with E-state index < -0.39 is 0 Å². The Morgan fingerprint density at radius 1 is 1.00 bits per heavy atom. The number of hydrogen-bond acceptors (Lipinski definition) is 7. The highest BCUT2D eigenvalue weighted by atomic mass is 16.6. The van der Waals surface area contributed by atoms with Crippen LogP contribution in [0.5, 0.6) is 17.2 Å². The summed E-state index contributed by atoms with van der Waals surface area (Å²) in [6, 6.07) is 11.6. The number of hydrogen-bond donors (Lipinski definition) is 1. The van der Waals surface area contributed by atoms with Gasteiger partial charge in [0.15, 0.2) is 11.5 Å². The number of methoxy groups -OCH3 is 3. The summed E-state index contributed by atoms with van der Waals surface area (Å²) >= 11 is 0. The summed E-state index contributed by atoms with van der Waals surface area (Å²) in [4.78, 5) is 13.7. The van der Waals surface area contributed by atoms with E-state index in [1.54, 1.807) is 13.2 Å². The molecule has 0 atom stereocenters. The summed E-state index contributed by atoms with van der Waals surface area (Å²) < 4.78 is 16.0. The van der Waals surface area contributed by atoms with Gasteiger partial charge in [0.1, 0.15) is 5.75 Å². The second-order valence-electron chi connectivity index (χ2n) is 7.92. The SMILES string of the molecule is COc1cccc(CN(Cc2cc(OC)c(OC)cc2[N+](=O)[O-])C2CCC(N)CC2)c1. The number of ether oxygens (including phenoxy) is 3. The first kappa shape index (κ1) is 22.8. The third-order valence-corrected chi connectivity index (χ3v) is 5.93. The van der Waals surface area contributed by atoms with Crippen LogP contribution in [0, 0.1) is 10.1 Å². The van der Waals surface area contributed by atoms with E-state index in [-0.39, 0.29) is 16.7 Å². The Morgan fingerprint density at radius 2 is 1.68 bits per heavy atom. The van der Waals surface area contributed by atoms with Crippen molar-refractivity contribution in [1.82, 2.24) is 4.90 Å². The van der Waals surface area contributed by atoms with Crippen LogP contribution in [-0.4, -0.2) is 43.2 Å². The van der Waals surface area contributed by atoms with Gasteiger partial charge in [-0.1, -0.05) is 12.1 Å². The van der Waals surface area contributed by atoms with E-state index >= 15 is 0 Å². The maximum Gasteiger partial charge on any atom is 0.277 e. The molecule has 2 aromatic rings. The van der Waals surface area contributed by atoms with E-state index in [1.165, 1.54) is 20.3 Å². The molecule has 3 rings (SSSR count). The highest BCUT2D eigenvalue weighted by Crippen LogP contribution is 2.36. The molecular formula is C23H31N3O5. The zero-order valence-corrected chi connectivity index (χ0v) is 18.4. The molecule has 0 bridgehead atoms. The number of benzene rings is 2. The number of nitrogens with zero attached hydrogens (tertiary/aromatic N) is 2. The Balaban J connectivity index is 1.94. The van der Waals surface area contributed by atoms with Crippen molar-refractivity contribution < 1.29 is 19.1 Å². The van der Waals surface area contributed by atoms with Crippen LogP contribution < -0.4 is 19.9 Å². The molecule has 31 heavy (non-hydrogen) atoms. The van der Waals surface area contributed by atoms with Crippen LogP contribution in [0.25, 0.3) is 0 Å². The van der Waals surface area contributed by atoms with Gasteiger partial charge in [-0.3, -0.25) is 15.0 Å². The van der Waals surface area contributed by atoms with Crippen molar-refractivity contribution in [3.8, 4) is 17.2 Å². The Hall–Kier alpha value is -2.84. The van der Waals surface area contributed by atoms with Crippen LogP contribution in [0.15, 0.2) is 36.4 Å². The monoisotopic (exact) mass is 429 g/mol. The lowest BCUT2D eigenvalue weighted by atomic mass is 9.90. The van der Waals surface area contributed by atoms with Crippen molar-refractivity contribution >= 4 is 5.69 Å². The fourth-order valence-corrected chi connectivity index (χ4v) is 4.21. The van der Waals surface area contributed by atoms with Gasteiger partial charge in [0.05, 0.1) is 32.3 Å². The topological polar surface area (TPSA) is 100 Å². The molecule has 2 N–H and O–H groups in total. The van der Waals surface area contributed by atoms with Crippen LogP contribution in [0.2, 0.25) is 0 Å². The van der Waals surface area contributed by atoms with Crippen molar-refractivity contribution in [1.29, 1.82) is 0 Å². The minimum absolute atomic E-state index is 0.0285. The van der Waals surface area contributed by atoms with Crippen molar-refractivity contribution in [2.24, 2.45) is 5.73 Å². The van der Waals surface area contributed by atoms with Gasteiger partial charge < -0.3 is 19.9 Å². The molecule has 0 saturated heterocycles. The highest BCUT2D eigenvalue weighted by Gasteiger charge is 2.28. The molecule has 8 nitrogen and oxygen atoms in total. The quantitative estimate of drug-likeness (QED) is 0.477. The van der Waals surface area contributed by atoms with Crippen LogP contribution in [0.1, 0.15) is 36.8 Å². The Bertz CT molecular complexity index is 897. The molecule has 0 aromatic heterocycles. The first-order valence-electron chi connectivity index (χ1n) is 10.5. The van der Waals surface area contributed by atoms with E-state index in [0.29, 0.717) is 36.2 Å². The predicted octanol–water partition coefficient (Wildman–Crippen LogP) is 3.89. The maximum atomic E-state index is 11.8. The third kappa shape index (κ3) is 5.65. The molecule has 168 valence electrons. The van der Waals surface area contributed by atoms with E-state index in [4.69, 9.17) is 19.9 Å². The van der Waals surface area contributed by atoms with Crippen molar-refractivity contribution in [3.05, 3.63) is 57.6 Å². The predicted molar refractivity (Wildman–Crippen MR) is 119 cm³/mol. The van der Waals surface area contributed by atoms with Crippen molar-refractivity contribution in [2.75, 3.05) is 21.3 Å². The third-order valence-electron chi connectivity index (χ3n) is 5.93. The second kappa shape index (κ2) is 10.5. The summed E-state index contributed by atoms with van der Waals surface area (Å²) in [6.07, 6.45) is 3.83. The molecule has 0 radical (unpaired) electrons. The van der Waals surface area contributed by atoms with Gasteiger partial charge in [0, 0.05) is 30.7 Å². The average Bonchev–Trinajstić information content (AvgIpc) is 2.78. The van der Waals surface area contributed by atoms with E-state index in [2.05, 4.69) is 4.90 Å². The molecule has 1 aliphatic rings. The molecule has 0 amide bonds. The van der Waals surface area contributed by atoms with Crippen LogP contribution in [-0.2, 0) is 13.1 Å². The van der Waals surface area contributed by atoms with Crippen molar-refractivity contribution in [3.63, 3.8) is 0 Å². The average molecular weight is 430 g/mol. The first-order chi connectivity index (χ1) is 14.9. The van der Waals surface area contributed by atoms with Crippen molar-refractivity contribution in [2.45, 2.75) is 50.9 Å². The van der Waals surface area contributed by atoms with Gasteiger partial charge in [0.2, 0.25) is 0 Å². The summed E-state index contributed by atoms with van der Waals surface area (Å²) in [5, 5.41) is 11.8.